The van der Waals surface area contributed by atoms with Gasteiger partial charge in [-0.05, 0) is 71.9 Å². The Morgan fingerprint density at radius 2 is 1.94 bits per heavy atom. The Balaban J connectivity index is 1.87. The van der Waals surface area contributed by atoms with E-state index in [4.69, 9.17) is 16.3 Å². The van der Waals surface area contributed by atoms with Gasteiger partial charge in [0.2, 0.25) is 0 Å². The summed E-state index contributed by atoms with van der Waals surface area (Å²) < 4.78 is 9.75. The van der Waals surface area contributed by atoms with Gasteiger partial charge in [0.25, 0.3) is 0 Å². The summed E-state index contributed by atoms with van der Waals surface area (Å²) in [6.45, 7) is 6.01. The minimum Gasteiger partial charge on any atom is -0.461 e. The molecule has 32 heavy (non-hydrogen) atoms. The molecule has 0 N–H and O–H groups in total. The number of esters is 1. The average Bonchev–Trinajstić information content (AvgIpc) is 3.27. The van der Waals surface area contributed by atoms with Crippen LogP contribution in [-0.4, -0.2) is 36.7 Å². The fourth-order valence-corrected chi connectivity index (χ4v) is 4.48. The maximum Gasteiger partial charge on any atom is 0.358 e. The van der Waals surface area contributed by atoms with E-state index in [9.17, 15) is 4.79 Å². The van der Waals surface area contributed by atoms with Crippen LogP contribution >= 0.6 is 27.5 Å². The maximum absolute atomic E-state index is 12.8. The van der Waals surface area contributed by atoms with Crippen molar-refractivity contribution in [2.24, 2.45) is 7.05 Å². The molecule has 0 aliphatic rings. The highest BCUT2D eigenvalue weighted by molar-refractivity contribution is 9.10. The van der Waals surface area contributed by atoms with Gasteiger partial charge in [-0.1, -0.05) is 29.8 Å². The second-order valence-electron chi connectivity index (χ2n) is 7.67. The van der Waals surface area contributed by atoms with E-state index in [2.05, 4.69) is 43.4 Å². The van der Waals surface area contributed by atoms with E-state index in [0.717, 1.165) is 33.9 Å². The summed E-state index contributed by atoms with van der Waals surface area (Å²) in [6, 6.07) is 9.80. The molecule has 7 nitrogen and oxygen atoms in total. The highest BCUT2D eigenvalue weighted by Gasteiger charge is 2.29. The zero-order chi connectivity index (χ0) is 23.0. The van der Waals surface area contributed by atoms with Crippen LogP contribution in [0.5, 0.6) is 0 Å². The zero-order valence-corrected chi connectivity index (χ0v) is 20.6. The lowest BCUT2D eigenvalue weighted by molar-refractivity contribution is 0.0518. The Morgan fingerprint density at radius 3 is 2.62 bits per heavy atom. The first kappa shape index (κ1) is 22.5. The number of pyridine rings is 1. The monoisotopic (exact) mass is 515 g/mol. The Bertz CT molecular complexity index is 1300. The maximum atomic E-state index is 12.8. The van der Waals surface area contributed by atoms with Crippen molar-refractivity contribution in [3.05, 3.63) is 80.2 Å². The Hall–Kier alpha value is -2.71. The summed E-state index contributed by atoms with van der Waals surface area (Å²) in [6.07, 6.45) is 2.68. The average molecular weight is 517 g/mol. The van der Waals surface area contributed by atoms with Gasteiger partial charge in [0.1, 0.15) is 5.82 Å². The molecule has 4 rings (SSSR count). The molecule has 1 aromatic carbocycles. The van der Waals surface area contributed by atoms with Crippen molar-refractivity contribution >= 4 is 39.1 Å². The molecule has 0 spiro atoms. The predicted octanol–water partition coefficient (Wildman–Crippen LogP) is 5.05. The van der Waals surface area contributed by atoms with Gasteiger partial charge >= 0.3 is 5.97 Å². The van der Waals surface area contributed by atoms with E-state index < -0.39 is 5.97 Å². The number of carbonyl (C=O) groups is 1. The Labute approximate surface area is 199 Å². The van der Waals surface area contributed by atoms with Crippen LogP contribution in [0.15, 0.2) is 41.3 Å². The predicted molar refractivity (Wildman–Crippen MR) is 126 cm³/mol. The van der Waals surface area contributed by atoms with Crippen LogP contribution in [-0.2, 0) is 18.2 Å². The first-order valence-corrected chi connectivity index (χ1v) is 11.4. The number of ether oxygens (including phenoxy) is 1. The standard InChI is InChI=1S/C23H23BrClN5O2/c1-5-32-22(31)19-20(29(4)23(24)26-19)18(16-6-8-17(25)9-7-16)11-15-10-13(2)21-28-27-14(3)30(21)12-15/h6-10,12,18H,5,11H2,1-4H3. The molecular formula is C23H23BrClN5O2. The number of aryl methyl sites for hydroxylation is 2. The largest absolute Gasteiger partial charge is 0.461 e. The van der Waals surface area contributed by atoms with Gasteiger partial charge in [-0.15, -0.1) is 10.2 Å². The number of fused-ring (bicyclic) bond motifs is 1. The summed E-state index contributed by atoms with van der Waals surface area (Å²) in [5.74, 6) is 0.219. The number of aromatic nitrogens is 5. The second kappa shape index (κ2) is 9.03. The van der Waals surface area contributed by atoms with Gasteiger partial charge in [-0.3, -0.25) is 4.40 Å². The van der Waals surface area contributed by atoms with Gasteiger partial charge in [-0.25, -0.2) is 9.78 Å². The van der Waals surface area contributed by atoms with E-state index in [1.807, 2.05) is 54.1 Å². The van der Waals surface area contributed by atoms with Gasteiger partial charge in [0.15, 0.2) is 16.1 Å². The lowest BCUT2D eigenvalue weighted by atomic mass is 9.88. The van der Waals surface area contributed by atoms with Crippen molar-refractivity contribution in [2.45, 2.75) is 33.1 Å². The molecule has 1 unspecified atom stereocenters. The summed E-state index contributed by atoms with van der Waals surface area (Å²) in [5.41, 5.74) is 5.06. The number of hydrogen-bond acceptors (Lipinski definition) is 5. The van der Waals surface area contributed by atoms with Crippen molar-refractivity contribution in [3.63, 3.8) is 0 Å². The minimum atomic E-state index is -0.441. The van der Waals surface area contributed by atoms with Crippen LogP contribution < -0.4 is 0 Å². The molecule has 9 heteroatoms. The van der Waals surface area contributed by atoms with Crippen LogP contribution in [0.2, 0.25) is 5.02 Å². The number of nitrogens with zero attached hydrogens (tertiary/aromatic N) is 5. The number of rotatable bonds is 6. The minimum absolute atomic E-state index is 0.163. The van der Waals surface area contributed by atoms with E-state index in [0.29, 0.717) is 21.9 Å². The fourth-order valence-electron chi connectivity index (χ4n) is 3.98. The first-order valence-electron chi connectivity index (χ1n) is 10.3. The molecule has 0 bridgehead atoms. The number of imidazole rings is 1. The van der Waals surface area contributed by atoms with Gasteiger partial charge in [0, 0.05) is 24.2 Å². The van der Waals surface area contributed by atoms with Crippen LogP contribution in [0, 0.1) is 13.8 Å². The SMILES string of the molecule is CCOC(=O)c1nc(Br)n(C)c1C(Cc1cc(C)c2nnc(C)n2c1)c1ccc(Cl)cc1. The highest BCUT2D eigenvalue weighted by atomic mass is 79.9. The van der Waals surface area contributed by atoms with E-state index in [-0.39, 0.29) is 12.5 Å². The summed E-state index contributed by atoms with van der Waals surface area (Å²) >= 11 is 9.63. The zero-order valence-electron chi connectivity index (χ0n) is 18.3. The lowest BCUT2D eigenvalue weighted by Gasteiger charge is -2.20. The Kier molecular flexibility index (Phi) is 6.35. The number of halogens is 2. The van der Waals surface area contributed by atoms with Gasteiger partial charge < -0.3 is 9.30 Å². The topological polar surface area (TPSA) is 74.3 Å². The quantitative estimate of drug-likeness (QED) is 0.335. The van der Waals surface area contributed by atoms with Crippen molar-refractivity contribution in [1.82, 2.24) is 24.1 Å². The molecule has 3 heterocycles. The molecule has 0 saturated carbocycles. The summed E-state index contributed by atoms with van der Waals surface area (Å²) in [5, 5.41) is 9.11. The molecular weight excluding hydrogens is 494 g/mol. The van der Waals surface area contributed by atoms with Crippen LogP contribution in [0.25, 0.3) is 5.65 Å². The highest BCUT2D eigenvalue weighted by Crippen LogP contribution is 2.34. The van der Waals surface area contributed by atoms with Crippen molar-refractivity contribution in [3.8, 4) is 0 Å². The summed E-state index contributed by atoms with van der Waals surface area (Å²) in [4.78, 5) is 17.2. The van der Waals surface area contributed by atoms with E-state index in [1.165, 1.54) is 0 Å². The van der Waals surface area contributed by atoms with Gasteiger partial charge in [-0.2, -0.15) is 0 Å². The summed E-state index contributed by atoms with van der Waals surface area (Å²) in [7, 11) is 1.89. The van der Waals surface area contributed by atoms with Crippen LogP contribution in [0.1, 0.15) is 51.5 Å². The molecule has 0 amide bonds. The van der Waals surface area contributed by atoms with Crippen LogP contribution in [0.3, 0.4) is 0 Å². The third-order valence-corrected chi connectivity index (χ3v) is 6.47. The number of hydrogen-bond donors (Lipinski definition) is 0. The fraction of sp³-hybridized carbons (Fsp3) is 0.304. The number of carbonyl (C=O) groups excluding carboxylic acids is 1. The molecule has 0 aliphatic heterocycles. The van der Waals surface area contributed by atoms with E-state index in [1.54, 1.807) is 6.92 Å². The van der Waals surface area contributed by atoms with Crippen molar-refractivity contribution in [1.29, 1.82) is 0 Å². The Morgan fingerprint density at radius 1 is 1.22 bits per heavy atom. The molecule has 0 fully saturated rings. The first-order chi connectivity index (χ1) is 15.3. The molecule has 1 atom stereocenters. The lowest BCUT2D eigenvalue weighted by Crippen LogP contribution is -2.16. The number of benzene rings is 1. The molecule has 0 radical (unpaired) electrons. The molecule has 0 saturated heterocycles. The second-order valence-corrected chi connectivity index (χ2v) is 8.82. The molecule has 4 aromatic rings. The van der Waals surface area contributed by atoms with Gasteiger partial charge in [0.05, 0.1) is 12.3 Å². The third-order valence-electron chi connectivity index (χ3n) is 5.51. The molecule has 3 aromatic heterocycles. The smallest absolute Gasteiger partial charge is 0.358 e. The molecule has 166 valence electrons. The van der Waals surface area contributed by atoms with Crippen LogP contribution in [0.4, 0.5) is 0 Å². The van der Waals surface area contributed by atoms with E-state index >= 15 is 0 Å². The normalized spacial score (nSPS) is 12.3. The molecule has 0 aliphatic carbocycles. The van der Waals surface area contributed by atoms with Crippen molar-refractivity contribution < 1.29 is 9.53 Å². The third kappa shape index (κ3) is 4.17. The van der Waals surface area contributed by atoms with Crippen molar-refractivity contribution in [2.75, 3.05) is 6.61 Å².